The van der Waals surface area contributed by atoms with Crippen molar-refractivity contribution in [3.05, 3.63) is 11.4 Å². The zero-order valence-electron chi connectivity index (χ0n) is 10.1. The van der Waals surface area contributed by atoms with Crippen molar-refractivity contribution in [1.29, 1.82) is 0 Å². The van der Waals surface area contributed by atoms with E-state index < -0.39 is 0 Å². The minimum Gasteiger partial charge on any atom is -0.246 e. The summed E-state index contributed by atoms with van der Waals surface area (Å²) in [7, 11) is 0. The lowest BCUT2D eigenvalue weighted by Crippen LogP contribution is -2.10. The van der Waals surface area contributed by atoms with Crippen molar-refractivity contribution in [2.75, 3.05) is 0 Å². The summed E-state index contributed by atoms with van der Waals surface area (Å²) in [5.74, 6) is 0.949. The van der Waals surface area contributed by atoms with E-state index in [-0.39, 0.29) is 0 Å². The maximum atomic E-state index is 4.27. The number of nitrogens with zero attached hydrogens (tertiary/aromatic N) is 3. The van der Waals surface area contributed by atoms with Crippen LogP contribution in [0.3, 0.4) is 0 Å². The van der Waals surface area contributed by atoms with Crippen molar-refractivity contribution in [3.63, 3.8) is 0 Å². The molecule has 0 aliphatic heterocycles. The fourth-order valence-corrected chi connectivity index (χ4v) is 1.67. The third kappa shape index (κ3) is 1.97. The Kier molecular flexibility index (Phi) is 3.29. The molecule has 0 saturated heterocycles. The van der Waals surface area contributed by atoms with Gasteiger partial charge in [-0.3, -0.25) is 0 Å². The van der Waals surface area contributed by atoms with Crippen LogP contribution in [0.5, 0.6) is 0 Å². The Labute approximate surface area is 86.5 Å². The SMILES string of the molecule is CC(C)c1nnn(C(C)C)c1C(C)C. The van der Waals surface area contributed by atoms with E-state index in [4.69, 9.17) is 0 Å². The first kappa shape index (κ1) is 11.2. The average molecular weight is 195 g/mol. The topological polar surface area (TPSA) is 30.7 Å². The van der Waals surface area contributed by atoms with Gasteiger partial charge in [0.1, 0.15) is 0 Å². The molecule has 1 aromatic heterocycles. The second-order valence-corrected chi connectivity index (χ2v) is 4.71. The molecular weight excluding hydrogens is 174 g/mol. The van der Waals surface area contributed by atoms with Crippen LogP contribution in [0.2, 0.25) is 0 Å². The molecule has 0 unspecified atom stereocenters. The second kappa shape index (κ2) is 4.11. The molecule has 0 saturated carbocycles. The van der Waals surface area contributed by atoms with Gasteiger partial charge in [0.15, 0.2) is 0 Å². The highest BCUT2D eigenvalue weighted by Crippen LogP contribution is 2.25. The molecular formula is C11H21N3. The number of hydrogen-bond donors (Lipinski definition) is 0. The summed E-state index contributed by atoms with van der Waals surface area (Å²) in [5.41, 5.74) is 2.43. The van der Waals surface area contributed by atoms with Gasteiger partial charge in [-0.15, -0.1) is 5.10 Å². The molecule has 1 heterocycles. The molecule has 0 bridgehead atoms. The Morgan fingerprint density at radius 2 is 1.50 bits per heavy atom. The van der Waals surface area contributed by atoms with Crippen LogP contribution < -0.4 is 0 Å². The molecule has 0 fully saturated rings. The van der Waals surface area contributed by atoms with Crippen LogP contribution in [-0.2, 0) is 0 Å². The van der Waals surface area contributed by atoms with E-state index in [0.717, 1.165) is 5.69 Å². The summed E-state index contributed by atoms with van der Waals surface area (Å²) in [6.07, 6.45) is 0. The van der Waals surface area contributed by atoms with Crippen molar-refractivity contribution in [1.82, 2.24) is 15.0 Å². The summed E-state index contributed by atoms with van der Waals surface area (Å²) < 4.78 is 2.04. The average Bonchev–Trinajstić information content (AvgIpc) is 2.46. The molecule has 14 heavy (non-hydrogen) atoms. The monoisotopic (exact) mass is 195 g/mol. The van der Waals surface area contributed by atoms with Gasteiger partial charge in [0, 0.05) is 6.04 Å². The molecule has 0 aliphatic carbocycles. The van der Waals surface area contributed by atoms with Crippen LogP contribution in [0.25, 0.3) is 0 Å². The lowest BCUT2D eigenvalue weighted by molar-refractivity contribution is 0.484. The van der Waals surface area contributed by atoms with Crippen LogP contribution >= 0.6 is 0 Å². The molecule has 1 rings (SSSR count). The molecule has 0 spiro atoms. The van der Waals surface area contributed by atoms with Crippen LogP contribution in [0, 0.1) is 0 Å². The number of rotatable bonds is 3. The fourth-order valence-electron chi connectivity index (χ4n) is 1.67. The molecule has 80 valence electrons. The lowest BCUT2D eigenvalue weighted by atomic mass is 10.0. The third-order valence-electron chi connectivity index (χ3n) is 2.34. The van der Waals surface area contributed by atoms with Crippen LogP contribution in [0.4, 0.5) is 0 Å². The van der Waals surface area contributed by atoms with E-state index >= 15 is 0 Å². The van der Waals surface area contributed by atoms with Crippen molar-refractivity contribution < 1.29 is 0 Å². The zero-order chi connectivity index (χ0) is 10.9. The highest BCUT2D eigenvalue weighted by Gasteiger charge is 2.19. The second-order valence-electron chi connectivity index (χ2n) is 4.71. The van der Waals surface area contributed by atoms with Gasteiger partial charge in [-0.2, -0.15) is 0 Å². The van der Waals surface area contributed by atoms with Crippen molar-refractivity contribution in [2.24, 2.45) is 0 Å². The quantitative estimate of drug-likeness (QED) is 0.742. The Morgan fingerprint density at radius 1 is 0.929 bits per heavy atom. The van der Waals surface area contributed by atoms with Crippen LogP contribution in [0.1, 0.15) is 70.8 Å². The van der Waals surface area contributed by atoms with E-state index in [1.807, 2.05) is 4.68 Å². The summed E-state index contributed by atoms with van der Waals surface area (Å²) >= 11 is 0. The zero-order valence-corrected chi connectivity index (χ0v) is 10.1. The molecule has 0 amide bonds. The minimum atomic E-state index is 0.396. The van der Waals surface area contributed by atoms with Crippen molar-refractivity contribution in [2.45, 2.75) is 59.4 Å². The molecule has 3 nitrogen and oxygen atoms in total. The van der Waals surface area contributed by atoms with E-state index in [1.54, 1.807) is 0 Å². The molecule has 3 heteroatoms. The predicted octanol–water partition coefficient (Wildman–Crippen LogP) is 3.11. The first-order chi connectivity index (χ1) is 6.45. The van der Waals surface area contributed by atoms with Gasteiger partial charge < -0.3 is 0 Å². The van der Waals surface area contributed by atoms with E-state index in [2.05, 4.69) is 51.9 Å². The molecule has 0 aromatic carbocycles. The van der Waals surface area contributed by atoms with Crippen LogP contribution in [0.15, 0.2) is 0 Å². The minimum absolute atomic E-state index is 0.396. The molecule has 0 aliphatic rings. The predicted molar refractivity (Wildman–Crippen MR) is 58.6 cm³/mol. The van der Waals surface area contributed by atoms with Gasteiger partial charge in [0.25, 0.3) is 0 Å². The molecule has 0 radical (unpaired) electrons. The number of hydrogen-bond acceptors (Lipinski definition) is 2. The number of aromatic nitrogens is 3. The highest BCUT2D eigenvalue weighted by atomic mass is 15.4. The molecule has 1 aromatic rings. The Hall–Kier alpha value is -0.860. The first-order valence-electron chi connectivity index (χ1n) is 5.40. The van der Waals surface area contributed by atoms with Crippen LogP contribution in [-0.4, -0.2) is 15.0 Å². The molecule has 0 atom stereocenters. The van der Waals surface area contributed by atoms with Gasteiger partial charge in [-0.05, 0) is 25.7 Å². The summed E-state index contributed by atoms with van der Waals surface area (Å²) in [5, 5.41) is 8.50. The van der Waals surface area contributed by atoms with E-state index in [1.165, 1.54) is 5.69 Å². The fraction of sp³-hybridized carbons (Fsp3) is 0.818. The van der Waals surface area contributed by atoms with E-state index in [9.17, 15) is 0 Å². The summed E-state index contributed by atoms with van der Waals surface area (Å²) in [6, 6.07) is 0.396. The van der Waals surface area contributed by atoms with Crippen molar-refractivity contribution >= 4 is 0 Å². The van der Waals surface area contributed by atoms with Gasteiger partial charge in [0.05, 0.1) is 11.4 Å². The lowest BCUT2D eigenvalue weighted by Gasteiger charge is -2.14. The maximum absolute atomic E-state index is 4.27. The summed E-state index contributed by atoms with van der Waals surface area (Å²) in [4.78, 5) is 0. The van der Waals surface area contributed by atoms with Gasteiger partial charge in [0.2, 0.25) is 0 Å². The standard InChI is InChI=1S/C11H21N3/c1-7(2)10-11(8(3)4)14(9(5)6)13-12-10/h7-9H,1-6H3. The normalized spacial score (nSPS) is 12.1. The Bertz CT molecular complexity index is 272. The van der Waals surface area contributed by atoms with Gasteiger partial charge in [-0.1, -0.05) is 32.9 Å². The maximum Gasteiger partial charge on any atom is 0.0887 e. The Morgan fingerprint density at radius 3 is 1.86 bits per heavy atom. The first-order valence-corrected chi connectivity index (χ1v) is 5.40. The molecule has 0 N–H and O–H groups in total. The summed E-state index contributed by atoms with van der Waals surface area (Å²) in [6.45, 7) is 13.0. The highest BCUT2D eigenvalue weighted by molar-refractivity contribution is 5.18. The van der Waals surface area contributed by atoms with E-state index in [0.29, 0.717) is 17.9 Å². The van der Waals surface area contributed by atoms with Gasteiger partial charge in [-0.25, -0.2) is 4.68 Å². The third-order valence-corrected chi connectivity index (χ3v) is 2.34. The smallest absolute Gasteiger partial charge is 0.0887 e. The Balaban J connectivity index is 3.20. The van der Waals surface area contributed by atoms with Gasteiger partial charge >= 0.3 is 0 Å². The van der Waals surface area contributed by atoms with Crippen molar-refractivity contribution in [3.8, 4) is 0 Å². The largest absolute Gasteiger partial charge is 0.246 e.